The lowest BCUT2D eigenvalue weighted by Crippen LogP contribution is -2.69. The first kappa shape index (κ1) is 20.6. The van der Waals surface area contributed by atoms with Crippen molar-refractivity contribution in [1.82, 2.24) is 16.2 Å². The zero-order chi connectivity index (χ0) is 19.5. The van der Waals surface area contributed by atoms with Gasteiger partial charge in [-0.1, -0.05) is 24.5 Å². The van der Waals surface area contributed by atoms with Gasteiger partial charge in [-0.25, -0.2) is 10.2 Å². The molecule has 0 fully saturated rings. The SMILES string of the molecule is Bc1ccc(C(=O)NNC(=O)NC(CC)(C(F)(F)F)C(F)(F)F)cc1. The van der Waals surface area contributed by atoms with Gasteiger partial charge in [0.1, 0.15) is 7.85 Å². The monoisotopic (exact) mass is 369 g/mol. The molecule has 138 valence electrons. The molecule has 1 aromatic carbocycles. The fourth-order valence-electron chi connectivity index (χ4n) is 1.91. The number of rotatable bonds is 3. The van der Waals surface area contributed by atoms with Gasteiger partial charge in [0.25, 0.3) is 5.91 Å². The summed E-state index contributed by atoms with van der Waals surface area (Å²) in [4.78, 5) is 23.2. The highest BCUT2D eigenvalue weighted by atomic mass is 19.4. The van der Waals surface area contributed by atoms with E-state index in [1.807, 2.05) is 0 Å². The van der Waals surface area contributed by atoms with Crippen LogP contribution in [0.4, 0.5) is 31.1 Å². The number of hydrogen-bond donors (Lipinski definition) is 3. The van der Waals surface area contributed by atoms with Crippen molar-refractivity contribution in [2.24, 2.45) is 0 Å². The average molecular weight is 369 g/mol. The number of halogens is 6. The van der Waals surface area contributed by atoms with Crippen molar-refractivity contribution in [3.8, 4) is 0 Å². The summed E-state index contributed by atoms with van der Waals surface area (Å²) in [5, 5.41) is 0.861. The highest BCUT2D eigenvalue weighted by Crippen LogP contribution is 2.45. The molecule has 25 heavy (non-hydrogen) atoms. The van der Waals surface area contributed by atoms with Crippen molar-refractivity contribution in [3.63, 3.8) is 0 Å². The molecule has 0 bridgehead atoms. The van der Waals surface area contributed by atoms with Gasteiger partial charge in [0.05, 0.1) is 0 Å². The molecular formula is C13H14BF6N3O2. The van der Waals surface area contributed by atoms with E-state index in [1.165, 1.54) is 17.6 Å². The van der Waals surface area contributed by atoms with E-state index in [1.54, 1.807) is 25.4 Å². The number of hydrogen-bond acceptors (Lipinski definition) is 2. The summed E-state index contributed by atoms with van der Waals surface area (Å²) >= 11 is 0. The Morgan fingerprint density at radius 1 is 0.960 bits per heavy atom. The fourth-order valence-corrected chi connectivity index (χ4v) is 1.91. The molecule has 0 aliphatic heterocycles. The standard InChI is InChI=1S/C13H14BF6N3O2/c1-2-11(12(15,16)17,13(18,19)20)21-10(25)23-22-9(24)7-3-5-8(14)6-4-7/h3-6H,2,14H2,1H3,(H,22,24)(H2,21,23,25). The molecule has 0 aliphatic carbocycles. The number of benzene rings is 1. The van der Waals surface area contributed by atoms with E-state index >= 15 is 0 Å². The molecular weight excluding hydrogens is 355 g/mol. The smallest absolute Gasteiger partial charge is 0.315 e. The number of nitrogens with one attached hydrogen (secondary N) is 3. The van der Waals surface area contributed by atoms with Gasteiger partial charge in [-0.2, -0.15) is 26.3 Å². The van der Waals surface area contributed by atoms with Crippen LogP contribution in [0.3, 0.4) is 0 Å². The largest absolute Gasteiger partial charge is 0.420 e. The van der Waals surface area contributed by atoms with Gasteiger partial charge < -0.3 is 5.32 Å². The molecule has 1 aromatic rings. The maximum Gasteiger partial charge on any atom is 0.420 e. The van der Waals surface area contributed by atoms with Crippen molar-refractivity contribution in [2.45, 2.75) is 31.2 Å². The quantitative estimate of drug-likeness (QED) is 0.425. The third kappa shape index (κ3) is 4.57. The zero-order valence-corrected chi connectivity index (χ0v) is 13.1. The van der Waals surface area contributed by atoms with Crippen LogP contribution in [0.2, 0.25) is 0 Å². The van der Waals surface area contributed by atoms with E-state index in [-0.39, 0.29) is 5.56 Å². The number of carbonyl (C=O) groups excluding carboxylic acids is 2. The second kappa shape index (κ2) is 7.24. The Morgan fingerprint density at radius 2 is 1.44 bits per heavy atom. The first-order valence-electron chi connectivity index (χ1n) is 6.92. The molecule has 3 amide bonds. The van der Waals surface area contributed by atoms with Crippen LogP contribution in [0.1, 0.15) is 23.7 Å². The molecule has 0 spiro atoms. The number of carbonyl (C=O) groups is 2. The van der Waals surface area contributed by atoms with Gasteiger partial charge in [-0.15, -0.1) is 0 Å². The first-order valence-corrected chi connectivity index (χ1v) is 6.92. The topological polar surface area (TPSA) is 70.2 Å². The van der Waals surface area contributed by atoms with Crippen LogP contribution in [0, 0.1) is 0 Å². The molecule has 0 aromatic heterocycles. The summed E-state index contributed by atoms with van der Waals surface area (Å²) < 4.78 is 77.3. The van der Waals surface area contributed by atoms with Gasteiger partial charge in [0.2, 0.25) is 5.54 Å². The number of alkyl halides is 6. The molecule has 5 nitrogen and oxygen atoms in total. The maximum atomic E-state index is 12.9. The molecule has 0 aliphatic rings. The van der Waals surface area contributed by atoms with Gasteiger partial charge in [0.15, 0.2) is 0 Å². The minimum absolute atomic E-state index is 0.0549. The molecule has 1 rings (SSSR count). The van der Waals surface area contributed by atoms with Crippen LogP contribution < -0.4 is 21.6 Å². The lowest BCUT2D eigenvalue weighted by Gasteiger charge is -2.36. The molecule has 0 heterocycles. The Kier molecular flexibility index (Phi) is 5.98. The third-order valence-corrected chi connectivity index (χ3v) is 3.43. The lowest BCUT2D eigenvalue weighted by atomic mass is 9.94. The first-order chi connectivity index (χ1) is 11.3. The number of hydrazine groups is 1. The summed E-state index contributed by atoms with van der Waals surface area (Å²) in [5.74, 6) is -0.906. The van der Waals surface area contributed by atoms with Crippen LogP contribution in [0.25, 0.3) is 0 Å². The minimum atomic E-state index is -5.78. The van der Waals surface area contributed by atoms with Crippen molar-refractivity contribution < 1.29 is 35.9 Å². The highest BCUT2D eigenvalue weighted by molar-refractivity contribution is 6.32. The van der Waals surface area contributed by atoms with E-state index in [2.05, 4.69) is 0 Å². The Bertz CT molecular complexity index is 616. The van der Waals surface area contributed by atoms with Gasteiger partial charge in [-0.05, 0) is 18.6 Å². The molecule has 0 atom stereocenters. The van der Waals surface area contributed by atoms with Crippen molar-refractivity contribution >= 4 is 25.2 Å². The molecule has 0 saturated carbocycles. The van der Waals surface area contributed by atoms with E-state index in [4.69, 9.17) is 0 Å². The van der Waals surface area contributed by atoms with Crippen LogP contribution in [0.15, 0.2) is 24.3 Å². The fraction of sp³-hybridized carbons (Fsp3) is 0.385. The molecule has 3 N–H and O–H groups in total. The maximum absolute atomic E-state index is 12.9. The molecule has 0 unspecified atom stereocenters. The van der Waals surface area contributed by atoms with E-state index < -0.39 is 36.3 Å². The average Bonchev–Trinajstić information content (AvgIpc) is 2.48. The molecule has 0 saturated heterocycles. The van der Waals surface area contributed by atoms with Crippen LogP contribution in [-0.2, 0) is 0 Å². The molecule has 0 radical (unpaired) electrons. The summed E-state index contributed by atoms with van der Waals surface area (Å²) in [6.45, 7) is 0.631. The van der Waals surface area contributed by atoms with Crippen molar-refractivity contribution in [1.29, 1.82) is 0 Å². The zero-order valence-electron chi connectivity index (χ0n) is 13.1. The summed E-state index contributed by atoms with van der Waals surface area (Å²) in [6, 6.07) is 4.00. The van der Waals surface area contributed by atoms with E-state index in [9.17, 15) is 35.9 Å². The Balaban J connectivity index is 2.82. The lowest BCUT2D eigenvalue weighted by molar-refractivity contribution is -0.304. The normalized spacial score (nSPS) is 12.4. The molecule has 12 heteroatoms. The minimum Gasteiger partial charge on any atom is -0.315 e. The summed E-state index contributed by atoms with van der Waals surface area (Å²) in [6.07, 6.45) is -13.0. The summed E-state index contributed by atoms with van der Waals surface area (Å²) in [5.41, 5.74) is -0.341. The van der Waals surface area contributed by atoms with Crippen molar-refractivity contribution in [2.75, 3.05) is 0 Å². The van der Waals surface area contributed by atoms with Crippen LogP contribution in [0.5, 0.6) is 0 Å². The van der Waals surface area contributed by atoms with E-state index in [0.717, 1.165) is 10.8 Å². The Hall–Kier alpha value is -2.40. The predicted octanol–water partition coefficient (Wildman–Crippen LogP) is 1.16. The second-order valence-electron chi connectivity index (χ2n) is 5.15. The van der Waals surface area contributed by atoms with E-state index in [0.29, 0.717) is 6.92 Å². The van der Waals surface area contributed by atoms with Crippen LogP contribution in [-0.4, -0.2) is 37.7 Å². The number of urea groups is 1. The van der Waals surface area contributed by atoms with Gasteiger partial charge in [-0.3, -0.25) is 10.2 Å². The Labute approximate surface area is 139 Å². The summed E-state index contributed by atoms with van der Waals surface area (Å²) in [7, 11) is 1.74. The third-order valence-electron chi connectivity index (χ3n) is 3.43. The predicted molar refractivity (Wildman–Crippen MR) is 78.9 cm³/mol. The van der Waals surface area contributed by atoms with Crippen LogP contribution >= 0.6 is 0 Å². The number of amides is 3. The Morgan fingerprint density at radius 3 is 1.84 bits per heavy atom. The van der Waals surface area contributed by atoms with Crippen molar-refractivity contribution in [3.05, 3.63) is 29.8 Å². The van der Waals surface area contributed by atoms with Gasteiger partial charge >= 0.3 is 18.4 Å². The highest BCUT2D eigenvalue weighted by Gasteiger charge is 2.70. The second-order valence-corrected chi connectivity index (χ2v) is 5.15. The van der Waals surface area contributed by atoms with Gasteiger partial charge in [0, 0.05) is 5.56 Å².